The second kappa shape index (κ2) is 9.86. The third-order valence-corrected chi connectivity index (χ3v) is 7.19. The van der Waals surface area contributed by atoms with Crippen LogP contribution in [0.1, 0.15) is 15.9 Å². The van der Waals surface area contributed by atoms with Crippen LogP contribution in [0.2, 0.25) is 0 Å². The van der Waals surface area contributed by atoms with Crippen molar-refractivity contribution in [3.05, 3.63) is 83.0 Å². The molecule has 0 bridgehead atoms. The number of hydrogen-bond donors (Lipinski definition) is 0. The molecule has 0 aliphatic carbocycles. The van der Waals surface area contributed by atoms with Crippen LogP contribution in [0.25, 0.3) is 16.4 Å². The zero-order chi connectivity index (χ0) is 22.6. The number of aromatic nitrogens is 3. The molecule has 6 nitrogen and oxygen atoms in total. The van der Waals surface area contributed by atoms with Gasteiger partial charge in [-0.3, -0.25) is 9.36 Å². The van der Waals surface area contributed by atoms with Crippen LogP contribution in [-0.2, 0) is 10.5 Å². The van der Waals surface area contributed by atoms with Crippen LogP contribution in [0, 0.1) is 5.82 Å². The minimum absolute atomic E-state index is 0.0362. The molecular weight excluding hydrogens is 459 g/mol. The third kappa shape index (κ3) is 4.85. The molecule has 1 aliphatic rings. The number of benzene rings is 2. The van der Waals surface area contributed by atoms with Gasteiger partial charge in [0.05, 0.1) is 18.1 Å². The van der Waals surface area contributed by atoms with Gasteiger partial charge in [-0.1, -0.05) is 30.0 Å². The van der Waals surface area contributed by atoms with Crippen LogP contribution in [0.5, 0.6) is 0 Å². The topological polar surface area (TPSA) is 60.2 Å². The van der Waals surface area contributed by atoms with Crippen LogP contribution in [0.3, 0.4) is 0 Å². The van der Waals surface area contributed by atoms with E-state index in [1.807, 2.05) is 51.2 Å². The van der Waals surface area contributed by atoms with E-state index in [2.05, 4.69) is 10.2 Å². The van der Waals surface area contributed by atoms with Gasteiger partial charge in [0.2, 0.25) is 0 Å². The maximum absolute atomic E-state index is 13.5. The average molecular weight is 481 g/mol. The number of hydrogen-bond acceptors (Lipinski definition) is 6. The smallest absolute Gasteiger partial charge is 0.254 e. The summed E-state index contributed by atoms with van der Waals surface area (Å²) in [6.45, 7) is 2.43. The lowest BCUT2D eigenvalue weighted by atomic mass is 10.1. The Bertz CT molecular complexity index is 1220. The van der Waals surface area contributed by atoms with Crippen LogP contribution in [0.4, 0.5) is 4.39 Å². The number of nitrogens with zero attached hydrogens (tertiary/aromatic N) is 4. The van der Waals surface area contributed by atoms with Crippen LogP contribution in [-0.4, -0.2) is 51.9 Å². The summed E-state index contributed by atoms with van der Waals surface area (Å²) in [5.41, 5.74) is 2.56. The molecule has 2 aromatic heterocycles. The summed E-state index contributed by atoms with van der Waals surface area (Å²) in [7, 11) is 0. The fraction of sp³-hybridized carbons (Fsp3) is 0.208. The molecule has 33 heavy (non-hydrogen) atoms. The molecule has 0 unspecified atom stereocenters. The molecule has 1 aliphatic heterocycles. The second-order valence-electron chi connectivity index (χ2n) is 7.49. The molecule has 1 fully saturated rings. The molecule has 0 spiro atoms. The second-order valence-corrected chi connectivity index (χ2v) is 9.38. The first-order valence-corrected chi connectivity index (χ1v) is 12.4. The number of halogens is 1. The van der Waals surface area contributed by atoms with Gasteiger partial charge in [0.15, 0.2) is 11.0 Å². The van der Waals surface area contributed by atoms with Gasteiger partial charge in [0.1, 0.15) is 5.82 Å². The van der Waals surface area contributed by atoms with Gasteiger partial charge in [0.25, 0.3) is 5.91 Å². The first-order valence-electron chi connectivity index (χ1n) is 10.5. The van der Waals surface area contributed by atoms with E-state index in [0.29, 0.717) is 37.6 Å². The molecule has 1 amide bonds. The van der Waals surface area contributed by atoms with Crippen LogP contribution < -0.4 is 0 Å². The van der Waals surface area contributed by atoms with E-state index in [0.717, 1.165) is 27.1 Å². The highest BCUT2D eigenvalue weighted by atomic mass is 32.2. The number of ether oxygens (including phenoxy) is 1. The summed E-state index contributed by atoms with van der Waals surface area (Å²) < 4.78 is 20.8. The number of carbonyl (C=O) groups excluding carboxylic acids is 1. The van der Waals surface area contributed by atoms with Crippen molar-refractivity contribution in [1.29, 1.82) is 0 Å². The van der Waals surface area contributed by atoms with E-state index in [-0.39, 0.29) is 11.7 Å². The Morgan fingerprint density at radius 2 is 1.79 bits per heavy atom. The Hall–Kier alpha value is -3.01. The molecule has 0 saturated carbocycles. The highest BCUT2D eigenvalue weighted by Crippen LogP contribution is 2.31. The molecule has 0 atom stereocenters. The first kappa shape index (κ1) is 21.8. The van der Waals surface area contributed by atoms with Gasteiger partial charge >= 0.3 is 0 Å². The van der Waals surface area contributed by atoms with E-state index < -0.39 is 0 Å². The van der Waals surface area contributed by atoms with Gasteiger partial charge in [-0.05, 0) is 53.4 Å². The molecular formula is C24H21FN4O2S2. The van der Waals surface area contributed by atoms with E-state index in [4.69, 9.17) is 4.74 Å². The summed E-state index contributed by atoms with van der Waals surface area (Å²) in [5, 5.41) is 11.5. The predicted molar refractivity (Wildman–Crippen MR) is 127 cm³/mol. The lowest BCUT2D eigenvalue weighted by Crippen LogP contribution is -2.40. The van der Waals surface area contributed by atoms with Crippen molar-refractivity contribution in [1.82, 2.24) is 19.7 Å². The largest absolute Gasteiger partial charge is 0.378 e. The highest BCUT2D eigenvalue weighted by molar-refractivity contribution is 7.98. The van der Waals surface area contributed by atoms with Crippen molar-refractivity contribution in [2.75, 3.05) is 26.3 Å². The van der Waals surface area contributed by atoms with Crippen molar-refractivity contribution >= 4 is 29.0 Å². The number of rotatable bonds is 6. The van der Waals surface area contributed by atoms with Crippen molar-refractivity contribution < 1.29 is 13.9 Å². The summed E-state index contributed by atoms with van der Waals surface area (Å²) in [5.74, 6) is 1.14. The predicted octanol–water partition coefficient (Wildman–Crippen LogP) is 4.90. The lowest BCUT2D eigenvalue weighted by molar-refractivity contribution is 0.0303. The van der Waals surface area contributed by atoms with Gasteiger partial charge in [-0.2, -0.15) is 0 Å². The zero-order valence-electron chi connectivity index (χ0n) is 17.7. The molecule has 0 radical (unpaired) electrons. The van der Waals surface area contributed by atoms with E-state index >= 15 is 0 Å². The number of thioether (sulfide) groups is 1. The lowest BCUT2D eigenvalue weighted by Gasteiger charge is -2.26. The third-order valence-electron chi connectivity index (χ3n) is 5.33. The number of amides is 1. The molecule has 5 rings (SSSR count). The normalized spacial score (nSPS) is 13.9. The molecule has 0 N–H and O–H groups in total. The Morgan fingerprint density at radius 3 is 2.48 bits per heavy atom. The number of thiophene rings is 1. The SMILES string of the molecule is O=C(c1ccc(CSc2nnc(-c3cccs3)n2-c2ccc(F)cc2)cc1)N1CCOCC1. The van der Waals surface area contributed by atoms with Gasteiger partial charge in [-0.25, -0.2) is 4.39 Å². The molecule has 3 heterocycles. The summed E-state index contributed by atoms with van der Waals surface area (Å²) in [6.07, 6.45) is 0. The Kier molecular flexibility index (Phi) is 6.52. The van der Waals surface area contributed by atoms with E-state index in [1.165, 1.54) is 12.1 Å². The molecule has 2 aromatic carbocycles. The van der Waals surface area contributed by atoms with Crippen molar-refractivity contribution in [2.45, 2.75) is 10.9 Å². The van der Waals surface area contributed by atoms with Crippen molar-refractivity contribution in [2.24, 2.45) is 0 Å². The average Bonchev–Trinajstić information content (AvgIpc) is 3.54. The maximum atomic E-state index is 13.5. The monoisotopic (exact) mass is 480 g/mol. The summed E-state index contributed by atoms with van der Waals surface area (Å²) in [4.78, 5) is 15.5. The number of carbonyl (C=O) groups is 1. The molecule has 168 valence electrons. The minimum atomic E-state index is -0.287. The minimum Gasteiger partial charge on any atom is -0.378 e. The van der Waals surface area contributed by atoms with Gasteiger partial charge < -0.3 is 9.64 Å². The summed E-state index contributed by atoms with van der Waals surface area (Å²) in [6, 6.07) is 18.0. The van der Waals surface area contributed by atoms with Crippen molar-refractivity contribution in [3.63, 3.8) is 0 Å². The van der Waals surface area contributed by atoms with Gasteiger partial charge in [0, 0.05) is 30.1 Å². The fourth-order valence-corrected chi connectivity index (χ4v) is 5.20. The Labute approximate surface area is 199 Å². The molecule has 9 heteroatoms. The first-order chi connectivity index (χ1) is 16.2. The van der Waals surface area contributed by atoms with Crippen LogP contribution in [0.15, 0.2) is 71.2 Å². The van der Waals surface area contributed by atoms with Gasteiger partial charge in [-0.15, -0.1) is 21.5 Å². The maximum Gasteiger partial charge on any atom is 0.254 e. The highest BCUT2D eigenvalue weighted by Gasteiger charge is 2.19. The zero-order valence-corrected chi connectivity index (χ0v) is 19.3. The quantitative estimate of drug-likeness (QED) is 0.368. The standard InChI is InChI=1S/C24H21FN4O2S2/c25-19-7-9-20(10-8-19)29-22(21-2-1-15-32-21)26-27-24(29)33-16-17-3-5-18(6-4-17)23(30)28-11-13-31-14-12-28/h1-10,15H,11-14,16H2. The van der Waals surface area contributed by atoms with E-state index in [1.54, 1.807) is 35.2 Å². The summed E-state index contributed by atoms with van der Waals surface area (Å²) >= 11 is 3.13. The van der Waals surface area contributed by atoms with Crippen LogP contribution >= 0.6 is 23.1 Å². The Morgan fingerprint density at radius 1 is 1.03 bits per heavy atom. The number of morpholine rings is 1. The molecule has 1 saturated heterocycles. The fourth-order valence-electron chi connectivity index (χ4n) is 3.59. The van der Waals surface area contributed by atoms with Crippen molar-refractivity contribution in [3.8, 4) is 16.4 Å². The Balaban J connectivity index is 1.34. The molecule has 4 aromatic rings. The van der Waals surface area contributed by atoms with E-state index in [9.17, 15) is 9.18 Å².